The maximum absolute atomic E-state index is 13.8. The third-order valence-electron chi connectivity index (χ3n) is 4.62. The highest BCUT2D eigenvalue weighted by Crippen LogP contribution is 2.44. The highest BCUT2D eigenvalue weighted by atomic mass is 19.1. The van der Waals surface area contributed by atoms with Gasteiger partial charge >= 0.3 is 0 Å². The van der Waals surface area contributed by atoms with E-state index in [1.165, 1.54) is 30.7 Å². The smallest absolute Gasteiger partial charge is 0.251 e. The van der Waals surface area contributed by atoms with Crippen LogP contribution in [0.25, 0.3) is 0 Å². The molecule has 5 heteroatoms. The number of carbonyl (C=O) groups is 2. The second kappa shape index (κ2) is 6.31. The van der Waals surface area contributed by atoms with E-state index in [0.29, 0.717) is 5.56 Å². The quantitative estimate of drug-likeness (QED) is 0.889. The number of hydrogen-bond acceptors (Lipinski definition) is 2. The third-order valence-corrected chi connectivity index (χ3v) is 4.62. The van der Waals surface area contributed by atoms with Crippen LogP contribution < -0.4 is 10.6 Å². The molecule has 0 heterocycles. The number of amides is 2. The Hall–Kier alpha value is -2.69. The topological polar surface area (TPSA) is 58.2 Å². The Bertz CT molecular complexity index is 845. The molecule has 2 aromatic carbocycles. The minimum absolute atomic E-state index is 0.00676. The predicted octanol–water partition coefficient (Wildman–Crippen LogP) is 3.94. The molecule has 0 spiro atoms. The van der Waals surface area contributed by atoms with Crippen molar-refractivity contribution >= 4 is 17.5 Å². The summed E-state index contributed by atoms with van der Waals surface area (Å²) in [5, 5.41) is 5.43. The summed E-state index contributed by atoms with van der Waals surface area (Å²) in [6, 6.07) is 12.0. The Kier molecular flexibility index (Phi) is 4.33. The van der Waals surface area contributed by atoms with Gasteiger partial charge in [-0.1, -0.05) is 38.1 Å². The van der Waals surface area contributed by atoms with E-state index in [1.54, 1.807) is 0 Å². The number of fused-ring (bicyclic) bond motifs is 1. The lowest BCUT2D eigenvalue weighted by molar-refractivity contribution is -0.114. The van der Waals surface area contributed by atoms with E-state index in [9.17, 15) is 14.0 Å². The van der Waals surface area contributed by atoms with Crippen molar-refractivity contribution in [1.82, 2.24) is 5.32 Å². The number of halogens is 1. The molecule has 0 aromatic heterocycles. The van der Waals surface area contributed by atoms with Gasteiger partial charge in [-0.25, -0.2) is 4.39 Å². The van der Waals surface area contributed by atoms with Crippen molar-refractivity contribution in [3.05, 3.63) is 65.0 Å². The van der Waals surface area contributed by atoms with E-state index in [-0.39, 0.29) is 29.0 Å². The number of hydrogen-bond donors (Lipinski definition) is 2. The van der Waals surface area contributed by atoms with Crippen LogP contribution in [-0.2, 0) is 10.2 Å². The highest BCUT2D eigenvalue weighted by molar-refractivity contribution is 5.97. The molecule has 25 heavy (non-hydrogen) atoms. The molecule has 1 atom stereocenters. The van der Waals surface area contributed by atoms with Gasteiger partial charge < -0.3 is 10.6 Å². The molecule has 4 nitrogen and oxygen atoms in total. The van der Waals surface area contributed by atoms with Gasteiger partial charge in [-0.3, -0.25) is 9.59 Å². The van der Waals surface area contributed by atoms with E-state index >= 15 is 0 Å². The van der Waals surface area contributed by atoms with Crippen LogP contribution in [0.15, 0.2) is 42.5 Å². The van der Waals surface area contributed by atoms with Gasteiger partial charge in [0.05, 0.1) is 11.7 Å². The van der Waals surface area contributed by atoms with Crippen LogP contribution in [0, 0.1) is 5.82 Å². The minimum Gasteiger partial charge on any atom is -0.345 e. The molecule has 0 aliphatic heterocycles. The predicted molar refractivity (Wildman–Crippen MR) is 95.0 cm³/mol. The van der Waals surface area contributed by atoms with E-state index in [2.05, 4.69) is 30.5 Å². The molecule has 0 bridgehead atoms. The number of nitrogens with one attached hydrogen (secondary N) is 2. The van der Waals surface area contributed by atoms with Crippen molar-refractivity contribution in [2.75, 3.05) is 5.32 Å². The van der Waals surface area contributed by atoms with E-state index in [1.807, 2.05) is 18.2 Å². The van der Waals surface area contributed by atoms with Crippen molar-refractivity contribution in [1.29, 1.82) is 0 Å². The van der Waals surface area contributed by atoms with Crippen LogP contribution in [0.4, 0.5) is 10.1 Å². The second-order valence-electron chi connectivity index (χ2n) is 7.08. The number of anilines is 1. The van der Waals surface area contributed by atoms with Crippen molar-refractivity contribution in [3.63, 3.8) is 0 Å². The summed E-state index contributed by atoms with van der Waals surface area (Å²) in [6.45, 7) is 5.61. The first-order valence-electron chi connectivity index (χ1n) is 8.25. The van der Waals surface area contributed by atoms with Crippen LogP contribution in [0.1, 0.15) is 54.7 Å². The highest BCUT2D eigenvalue weighted by Gasteiger charge is 2.37. The molecule has 2 aromatic rings. The number of rotatable bonds is 3. The van der Waals surface area contributed by atoms with Crippen LogP contribution >= 0.6 is 0 Å². The Morgan fingerprint density at radius 1 is 1.16 bits per heavy atom. The summed E-state index contributed by atoms with van der Waals surface area (Å²) >= 11 is 0. The van der Waals surface area contributed by atoms with Crippen LogP contribution in [0.5, 0.6) is 0 Å². The van der Waals surface area contributed by atoms with Crippen molar-refractivity contribution in [2.24, 2.45) is 0 Å². The van der Waals surface area contributed by atoms with E-state index < -0.39 is 5.82 Å². The zero-order chi connectivity index (χ0) is 18.2. The van der Waals surface area contributed by atoms with E-state index in [0.717, 1.165) is 12.0 Å². The summed E-state index contributed by atoms with van der Waals surface area (Å²) in [7, 11) is 0. The van der Waals surface area contributed by atoms with Gasteiger partial charge in [0, 0.05) is 12.5 Å². The Balaban J connectivity index is 1.83. The number of carbonyl (C=O) groups excluding carboxylic acids is 2. The first kappa shape index (κ1) is 17.1. The van der Waals surface area contributed by atoms with Gasteiger partial charge in [-0.2, -0.15) is 0 Å². The van der Waals surface area contributed by atoms with E-state index in [4.69, 9.17) is 0 Å². The zero-order valence-corrected chi connectivity index (χ0v) is 14.5. The standard InChI is InChI=1S/C20H21FN2O2/c1-12(24)22-17-10-13(8-9-16(17)21)19(25)23-18-11-20(2,3)15-7-5-4-6-14(15)18/h4-10,18H,11H2,1-3H3,(H,22,24)(H,23,25). The molecular weight excluding hydrogens is 319 g/mol. The molecule has 0 saturated heterocycles. The molecular formula is C20H21FN2O2. The van der Waals surface area contributed by atoms with Crippen LogP contribution in [0.2, 0.25) is 0 Å². The average molecular weight is 340 g/mol. The largest absolute Gasteiger partial charge is 0.345 e. The Morgan fingerprint density at radius 3 is 2.60 bits per heavy atom. The Morgan fingerprint density at radius 2 is 1.88 bits per heavy atom. The molecule has 3 rings (SSSR count). The normalized spacial score (nSPS) is 17.7. The maximum atomic E-state index is 13.8. The summed E-state index contributed by atoms with van der Waals surface area (Å²) in [5.41, 5.74) is 2.65. The fraction of sp³-hybridized carbons (Fsp3) is 0.300. The lowest BCUT2D eigenvalue weighted by Crippen LogP contribution is -2.28. The molecule has 1 aliphatic carbocycles. The molecule has 1 unspecified atom stereocenters. The zero-order valence-electron chi connectivity index (χ0n) is 14.5. The second-order valence-corrected chi connectivity index (χ2v) is 7.08. The molecule has 2 amide bonds. The number of benzene rings is 2. The summed E-state index contributed by atoms with van der Waals surface area (Å²) < 4.78 is 13.8. The minimum atomic E-state index is -0.570. The van der Waals surface area contributed by atoms with Gasteiger partial charge in [-0.15, -0.1) is 0 Å². The van der Waals surface area contributed by atoms with Crippen molar-refractivity contribution in [2.45, 2.75) is 38.6 Å². The monoisotopic (exact) mass is 340 g/mol. The third kappa shape index (κ3) is 3.40. The summed E-state index contributed by atoms with van der Waals surface area (Å²) in [4.78, 5) is 23.8. The van der Waals surface area contributed by atoms with Gasteiger partial charge in [0.1, 0.15) is 5.82 Å². The van der Waals surface area contributed by atoms with Crippen LogP contribution in [-0.4, -0.2) is 11.8 Å². The maximum Gasteiger partial charge on any atom is 0.251 e. The Labute approximate surface area is 146 Å². The van der Waals surface area contributed by atoms with Gasteiger partial charge in [0.15, 0.2) is 0 Å². The van der Waals surface area contributed by atoms with Crippen molar-refractivity contribution < 1.29 is 14.0 Å². The summed E-state index contributed by atoms with van der Waals surface area (Å²) in [6.07, 6.45) is 0.803. The molecule has 130 valence electrons. The molecule has 2 N–H and O–H groups in total. The average Bonchev–Trinajstić information content (AvgIpc) is 2.80. The van der Waals surface area contributed by atoms with Gasteiger partial charge in [0.25, 0.3) is 5.91 Å². The fourth-order valence-electron chi connectivity index (χ4n) is 3.47. The van der Waals surface area contributed by atoms with Gasteiger partial charge in [0.2, 0.25) is 5.91 Å². The van der Waals surface area contributed by atoms with Crippen LogP contribution in [0.3, 0.4) is 0 Å². The molecule has 0 fully saturated rings. The van der Waals surface area contributed by atoms with Crippen molar-refractivity contribution in [3.8, 4) is 0 Å². The lowest BCUT2D eigenvalue weighted by atomic mass is 9.86. The molecule has 1 aliphatic rings. The molecule has 0 saturated carbocycles. The fourth-order valence-corrected chi connectivity index (χ4v) is 3.47. The summed E-state index contributed by atoms with van der Waals surface area (Å²) in [5.74, 6) is -1.24. The molecule has 0 radical (unpaired) electrons. The van der Waals surface area contributed by atoms with Gasteiger partial charge in [-0.05, 0) is 41.2 Å². The lowest BCUT2D eigenvalue weighted by Gasteiger charge is -2.19. The first-order chi connectivity index (χ1) is 11.8. The first-order valence-corrected chi connectivity index (χ1v) is 8.25. The SMILES string of the molecule is CC(=O)Nc1cc(C(=O)NC2CC(C)(C)c3ccccc32)ccc1F.